The Labute approximate surface area is 137 Å². The smallest absolute Gasteiger partial charge is 0.163 e. The lowest BCUT2D eigenvalue weighted by Gasteiger charge is -2.31. The molecule has 0 saturated heterocycles. The van der Waals surface area contributed by atoms with Crippen molar-refractivity contribution in [2.45, 2.75) is 11.8 Å². The van der Waals surface area contributed by atoms with Crippen LogP contribution in [0.3, 0.4) is 0 Å². The van der Waals surface area contributed by atoms with Gasteiger partial charge < -0.3 is 5.11 Å². The molecule has 16 heavy (non-hydrogen) atoms. The van der Waals surface area contributed by atoms with Gasteiger partial charge in [-0.05, 0) is 17.5 Å². The molecule has 0 heterocycles. The number of benzene rings is 1. The Morgan fingerprint density at radius 2 is 1.56 bits per heavy atom. The molecule has 0 unspecified atom stereocenters. The van der Waals surface area contributed by atoms with E-state index in [0.29, 0.717) is 6.42 Å². The molecule has 0 radical (unpaired) electrons. The second-order valence-electron chi connectivity index (χ2n) is 3.20. The first-order valence-corrected chi connectivity index (χ1v) is 8.41. The van der Waals surface area contributed by atoms with E-state index in [0.717, 1.165) is 11.1 Å². The minimum Gasteiger partial charge on any atom is -0.396 e. The van der Waals surface area contributed by atoms with Gasteiger partial charge in [0.05, 0.1) is 0 Å². The predicted molar refractivity (Wildman–Crippen MR) is 86.3 cm³/mol. The maximum atomic E-state index is 9.05. The Bertz CT molecular complexity index is 358. The Balaban J connectivity index is 3.21. The fraction of sp³-hybridized carbons (Fsp3) is 0.400. The van der Waals surface area contributed by atoms with E-state index < -0.39 is 5.38 Å². The number of aliphatic hydroxyl groups is 1. The summed E-state index contributed by atoms with van der Waals surface area (Å²) in [6.07, 6.45) is 0.623. The fourth-order valence-corrected chi connectivity index (χ4v) is 2.73. The highest BCUT2D eigenvalue weighted by atomic mass is 80.0. The van der Waals surface area contributed by atoms with Gasteiger partial charge >= 0.3 is 0 Å². The predicted octanol–water partition coefficient (Wildman–Crippen LogP) is 5.00. The van der Waals surface area contributed by atoms with Crippen molar-refractivity contribution in [2.75, 3.05) is 6.61 Å². The molecule has 1 N–H and O–H groups in total. The van der Waals surface area contributed by atoms with E-state index in [2.05, 4.69) is 79.6 Å². The number of hydrogen-bond donors (Lipinski definition) is 1. The zero-order valence-electron chi connectivity index (χ0n) is 8.06. The molecule has 0 aromatic heterocycles. The molecule has 1 aromatic carbocycles. The molecule has 0 aliphatic carbocycles. The van der Waals surface area contributed by atoms with Crippen molar-refractivity contribution in [3.05, 3.63) is 35.4 Å². The maximum Gasteiger partial charge on any atom is 0.163 e. The highest BCUT2D eigenvalue weighted by Crippen LogP contribution is 2.59. The van der Waals surface area contributed by atoms with Gasteiger partial charge in [-0.25, -0.2) is 0 Å². The number of rotatable bonds is 3. The summed E-state index contributed by atoms with van der Waals surface area (Å²) in [6.45, 7) is 0.132. The number of halogens is 5. The molecule has 0 fully saturated rings. The first-order valence-electron chi connectivity index (χ1n) is 4.44. The number of aliphatic hydroxyl groups excluding tert-OH is 1. The van der Waals surface area contributed by atoms with E-state index in [9.17, 15) is 0 Å². The normalized spacial score (nSPS) is 12.9. The average molecular weight is 545 g/mol. The summed E-state index contributed by atoms with van der Waals surface area (Å²) in [6, 6.07) is 7.93. The molecule has 0 bridgehead atoms. The monoisotopic (exact) mass is 540 g/mol. The maximum absolute atomic E-state index is 9.05. The first-order chi connectivity index (χ1) is 7.30. The van der Waals surface area contributed by atoms with Gasteiger partial charge in [0.25, 0.3) is 0 Å². The van der Waals surface area contributed by atoms with Gasteiger partial charge in [0, 0.05) is 6.61 Å². The lowest BCUT2D eigenvalue weighted by atomic mass is 10.0. The molecule has 6 heteroatoms. The van der Waals surface area contributed by atoms with Crippen LogP contribution in [0.15, 0.2) is 24.3 Å². The van der Waals surface area contributed by atoms with E-state index in [1.807, 2.05) is 24.3 Å². The van der Waals surface area contributed by atoms with Crippen LogP contribution in [0.5, 0.6) is 0 Å². The van der Waals surface area contributed by atoms with Crippen molar-refractivity contribution in [1.82, 2.24) is 0 Å². The Morgan fingerprint density at radius 1 is 1.00 bits per heavy atom. The summed E-state index contributed by atoms with van der Waals surface area (Å²) in [5, 5.41) is 9.05. The summed E-state index contributed by atoms with van der Waals surface area (Å²) in [7, 11) is 0. The van der Waals surface area contributed by atoms with Gasteiger partial charge in [0.1, 0.15) is 3.23 Å². The van der Waals surface area contributed by atoms with Gasteiger partial charge in [-0.2, -0.15) is 0 Å². The minimum absolute atomic E-state index is 0.132. The average Bonchev–Trinajstić information content (AvgIpc) is 2.17. The van der Waals surface area contributed by atoms with Gasteiger partial charge in [-0.1, -0.05) is 104 Å². The van der Waals surface area contributed by atoms with E-state index in [-0.39, 0.29) is 6.61 Å². The third-order valence-electron chi connectivity index (χ3n) is 2.09. The summed E-state index contributed by atoms with van der Waals surface area (Å²) >= 11 is 17.7. The Hall–Kier alpha value is 1.58. The molecule has 1 nitrogen and oxygen atoms in total. The van der Waals surface area contributed by atoms with E-state index >= 15 is 0 Å². The van der Waals surface area contributed by atoms with E-state index in [4.69, 9.17) is 5.11 Å². The molecule has 0 aliphatic heterocycles. The quantitative estimate of drug-likeness (QED) is 0.531. The van der Waals surface area contributed by atoms with Gasteiger partial charge in [-0.15, -0.1) is 0 Å². The third-order valence-corrected chi connectivity index (χ3v) is 9.11. The second-order valence-corrected chi connectivity index (χ2v) is 13.4. The topological polar surface area (TPSA) is 20.2 Å². The molecule has 0 atom stereocenters. The Morgan fingerprint density at radius 3 is 2.06 bits per heavy atom. The van der Waals surface area contributed by atoms with Gasteiger partial charge in [-0.3, -0.25) is 0 Å². The second kappa shape index (κ2) is 6.15. The van der Waals surface area contributed by atoms with Crippen LogP contribution in [0.1, 0.15) is 11.1 Å². The minimum atomic E-state index is -0.522. The highest BCUT2D eigenvalue weighted by molar-refractivity contribution is 9.41. The van der Waals surface area contributed by atoms with E-state index in [1.54, 1.807) is 0 Å². The highest BCUT2D eigenvalue weighted by Gasteiger charge is 2.45. The van der Waals surface area contributed by atoms with Crippen molar-refractivity contribution in [3.8, 4) is 0 Å². The molecule has 1 rings (SSSR count). The van der Waals surface area contributed by atoms with Crippen LogP contribution >= 0.6 is 79.6 Å². The van der Waals surface area contributed by atoms with Crippen molar-refractivity contribution < 1.29 is 5.11 Å². The van der Waals surface area contributed by atoms with Crippen molar-refractivity contribution >= 4 is 79.6 Å². The van der Waals surface area contributed by atoms with Gasteiger partial charge in [0.2, 0.25) is 0 Å². The van der Waals surface area contributed by atoms with Crippen LogP contribution in [0, 0.1) is 0 Å². The van der Waals surface area contributed by atoms with Crippen LogP contribution < -0.4 is 0 Å². The molecule has 90 valence electrons. The Kier molecular flexibility index (Phi) is 6.01. The van der Waals surface area contributed by atoms with Crippen molar-refractivity contribution in [1.29, 1.82) is 0 Å². The van der Waals surface area contributed by atoms with Gasteiger partial charge in [0.15, 0.2) is 2.14 Å². The summed E-state index contributed by atoms with van der Waals surface area (Å²) in [5.41, 5.74) is 2.14. The molecule has 0 saturated carbocycles. The number of alkyl halides is 5. The molecule has 0 aliphatic rings. The largest absolute Gasteiger partial charge is 0.396 e. The zero-order chi connectivity index (χ0) is 12.4. The first kappa shape index (κ1) is 15.6. The molecule has 0 amide bonds. The lowest BCUT2D eigenvalue weighted by molar-refractivity contribution is 0.299. The molecule has 1 aromatic rings. The third kappa shape index (κ3) is 3.54. The zero-order valence-corrected chi connectivity index (χ0v) is 16.0. The number of hydrogen-bond acceptors (Lipinski definition) is 1. The molecular weight excluding hydrogens is 536 g/mol. The summed E-state index contributed by atoms with van der Waals surface area (Å²) < 4.78 is -1.04. The van der Waals surface area contributed by atoms with Crippen LogP contribution in [-0.4, -0.2) is 13.9 Å². The summed E-state index contributed by atoms with van der Waals surface area (Å²) in [5.74, 6) is 0. The fourth-order valence-electron chi connectivity index (χ4n) is 1.32. The van der Waals surface area contributed by atoms with Crippen LogP contribution in [0.2, 0.25) is 0 Å². The molecular formula is C10H9Br5O. The van der Waals surface area contributed by atoms with Crippen LogP contribution in [-0.2, 0) is 9.65 Å². The SMILES string of the molecule is OCCc1ccccc1C(Br)(Br)C(Br)(Br)Br. The van der Waals surface area contributed by atoms with E-state index in [1.165, 1.54) is 0 Å². The van der Waals surface area contributed by atoms with Crippen LogP contribution in [0.25, 0.3) is 0 Å². The van der Waals surface area contributed by atoms with Crippen LogP contribution in [0.4, 0.5) is 0 Å². The molecule has 0 spiro atoms. The lowest BCUT2D eigenvalue weighted by Crippen LogP contribution is -2.27. The van der Waals surface area contributed by atoms with Crippen molar-refractivity contribution in [2.24, 2.45) is 0 Å². The summed E-state index contributed by atoms with van der Waals surface area (Å²) in [4.78, 5) is 0. The standard InChI is InChI=1S/C10H9Br5O/c11-9(12,10(13,14)15)8-4-2-1-3-7(8)5-6-16/h1-4,16H,5-6H2. The van der Waals surface area contributed by atoms with Crippen molar-refractivity contribution in [3.63, 3.8) is 0 Å².